The van der Waals surface area contributed by atoms with Crippen molar-refractivity contribution in [2.45, 2.75) is 13.3 Å². The van der Waals surface area contributed by atoms with Crippen LogP contribution in [-0.4, -0.2) is 37.2 Å². The van der Waals surface area contributed by atoms with E-state index in [1.807, 2.05) is 49.1 Å². The first-order chi connectivity index (χ1) is 8.16. The molecule has 0 amide bonds. The Kier molecular flexibility index (Phi) is 3.42. The minimum Gasteiger partial charge on any atom is -0.366 e. The lowest BCUT2D eigenvalue weighted by Crippen LogP contribution is -2.19. The number of nitrogens with zero attached hydrogens (tertiary/aromatic N) is 4. The zero-order valence-corrected chi connectivity index (χ0v) is 10.6. The Bertz CT molecular complexity index is 434. The van der Waals surface area contributed by atoms with Crippen molar-refractivity contribution >= 4 is 17.4 Å². The summed E-state index contributed by atoms with van der Waals surface area (Å²) in [5.74, 6) is 1.89. The molecule has 0 N–H and O–H groups in total. The molecule has 1 aromatic carbocycles. The topological polar surface area (TPSA) is 31.2 Å². The van der Waals surface area contributed by atoms with Crippen LogP contribution < -0.4 is 5.01 Å². The Morgan fingerprint density at radius 2 is 2.00 bits per heavy atom. The number of hydrogen-bond acceptors (Lipinski definition) is 3. The smallest absolute Gasteiger partial charge is 0.152 e. The van der Waals surface area contributed by atoms with E-state index in [0.717, 1.165) is 30.3 Å². The van der Waals surface area contributed by atoms with Crippen molar-refractivity contribution in [3.05, 3.63) is 30.3 Å². The Morgan fingerprint density at radius 1 is 1.29 bits per heavy atom. The molecule has 17 heavy (non-hydrogen) atoms. The fourth-order valence-electron chi connectivity index (χ4n) is 1.60. The molecule has 0 aromatic heterocycles. The predicted molar refractivity (Wildman–Crippen MR) is 72.6 cm³/mol. The van der Waals surface area contributed by atoms with Crippen molar-refractivity contribution in [2.75, 3.05) is 25.6 Å². The number of hydrazone groups is 1. The summed E-state index contributed by atoms with van der Waals surface area (Å²) in [5.41, 5.74) is 1.13. The summed E-state index contributed by atoms with van der Waals surface area (Å²) in [7, 11) is 3.98. The highest BCUT2D eigenvalue weighted by Crippen LogP contribution is 2.18. The van der Waals surface area contributed by atoms with E-state index in [4.69, 9.17) is 0 Å². The summed E-state index contributed by atoms with van der Waals surface area (Å²) in [6, 6.07) is 10.2. The van der Waals surface area contributed by atoms with Crippen LogP contribution in [0.15, 0.2) is 40.4 Å². The summed E-state index contributed by atoms with van der Waals surface area (Å²) >= 11 is 0. The molecule has 0 saturated carbocycles. The van der Waals surface area contributed by atoms with Crippen LogP contribution in [0.3, 0.4) is 0 Å². The normalized spacial score (nSPS) is 16.1. The molecule has 0 spiro atoms. The van der Waals surface area contributed by atoms with E-state index < -0.39 is 0 Å². The van der Waals surface area contributed by atoms with Gasteiger partial charge in [-0.25, -0.2) is 4.99 Å². The van der Waals surface area contributed by atoms with Crippen molar-refractivity contribution < 1.29 is 0 Å². The standard InChI is InChI=1S/C13H18N4/c1-11(16(2)3)14-13-9-10-17(15-13)12-7-5-4-6-8-12/h4-8H,9-10H2,1-3H3. The second kappa shape index (κ2) is 4.99. The molecule has 4 heteroatoms. The number of anilines is 1. The van der Waals surface area contributed by atoms with Crippen LogP contribution in [0.25, 0.3) is 0 Å². The Labute approximate surface area is 102 Å². The molecule has 1 heterocycles. The summed E-state index contributed by atoms with van der Waals surface area (Å²) in [6.07, 6.45) is 0.903. The first kappa shape index (κ1) is 11.6. The molecule has 4 nitrogen and oxygen atoms in total. The minimum atomic E-state index is 0.903. The van der Waals surface area contributed by atoms with E-state index in [2.05, 4.69) is 22.2 Å². The van der Waals surface area contributed by atoms with E-state index in [9.17, 15) is 0 Å². The van der Waals surface area contributed by atoms with E-state index in [1.54, 1.807) is 0 Å². The molecular weight excluding hydrogens is 212 g/mol. The SMILES string of the molecule is CC(=NC1=NN(c2ccccc2)CC1)N(C)C. The second-order valence-electron chi connectivity index (χ2n) is 4.28. The second-order valence-corrected chi connectivity index (χ2v) is 4.28. The molecule has 90 valence electrons. The molecular formula is C13H18N4. The van der Waals surface area contributed by atoms with Gasteiger partial charge in [0.25, 0.3) is 0 Å². The van der Waals surface area contributed by atoms with E-state index in [-0.39, 0.29) is 0 Å². The zero-order chi connectivity index (χ0) is 12.3. The van der Waals surface area contributed by atoms with Crippen molar-refractivity contribution in [3.8, 4) is 0 Å². The third kappa shape index (κ3) is 2.84. The summed E-state index contributed by atoms with van der Waals surface area (Å²) in [4.78, 5) is 6.50. The first-order valence-corrected chi connectivity index (χ1v) is 5.79. The molecule has 0 atom stereocenters. The van der Waals surface area contributed by atoms with Gasteiger partial charge in [0.15, 0.2) is 5.84 Å². The van der Waals surface area contributed by atoms with Gasteiger partial charge in [-0.15, -0.1) is 0 Å². The fraction of sp³-hybridized carbons (Fsp3) is 0.385. The Balaban J connectivity index is 2.12. The lowest BCUT2D eigenvalue weighted by molar-refractivity contribution is 0.619. The average molecular weight is 230 g/mol. The fourth-order valence-corrected chi connectivity index (χ4v) is 1.60. The van der Waals surface area contributed by atoms with Gasteiger partial charge in [-0.05, 0) is 19.1 Å². The van der Waals surface area contributed by atoms with Crippen molar-refractivity contribution in [1.82, 2.24) is 4.90 Å². The van der Waals surface area contributed by atoms with Crippen LogP contribution in [0.5, 0.6) is 0 Å². The van der Waals surface area contributed by atoms with Gasteiger partial charge in [0.1, 0.15) is 5.84 Å². The summed E-state index contributed by atoms with van der Waals surface area (Å²) < 4.78 is 0. The van der Waals surface area contributed by atoms with Crippen molar-refractivity contribution in [1.29, 1.82) is 0 Å². The van der Waals surface area contributed by atoms with Gasteiger partial charge in [-0.3, -0.25) is 5.01 Å². The van der Waals surface area contributed by atoms with Gasteiger partial charge < -0.3 is 4.90 Å². The molecule has 0 aliphatic carbocycles. The highest BCUT2D eigenvalue weighted by Gasteiger charge is 2.15. The monoisotopic (exact) mass is 230 g/mol. The molecule has 1 aliphatic rings. The van der Waals surface area contributed by atoms with Gasteiger partial charge >= 0.3 is 0 Å². The van der Waals surface area contributed by atoms with Gasteiger partial charge in [-0.2, -0.15) is 5.10 Å². The predicted octanol–water partition coefficient (Wildman–Crippen LogP) is 2.19. The van der Waals surface area contributed by atoms with Crippen molar-refractivity contribution in [3.63, 3.8) is 0 Å². The van der Waals surface area contributed by atoms with Crippen molar-refractivity contribution in [2.24, 2.45) is 10.1 Å². The lowest BCUT2D eigenvalue weighted by Gasteiger charge is -2.12. The van der Waals surface area contributed by atoms with Gasteiger partial charge in [0.05, 0.1) is 5.69 Å². The highest BCUT2D eigenvalue weighted by molar-refractivity contribution is 5.97. The number of rotatable bonds is 1. The van der Waals surface area contributed by atoms with E-state index in [1.165, 1.54) is 0 Å². The molecule has 1 aliphatic heterocycles. The van der Waals surface area contributed by atoms with Crippen LogP contribution in [-0.2, 0) is 0 Å². The zero-order valence-electron chi connectivity index (χ0n) is 10.6. The lowest BCUT2D eigenvalue weighted by atomic mass is 10.3. The number of hydrogen-bond donors (Lipinski definition) is 0. The van der Waals surface area contributed by atoms with Gasteiger partial charge in [-0.1, -0.05) is 18.2 Å². The van der Waals surface area contributed by atoms with Gasteiger partial charge in [0, 0.05) is 27.1 Å². The molecule has 2 rings (SSSR count). The molecule has 0 saturated heterocycles. The maximum absolute atomic E-state index is 4.52. The van der Waals surface area contributed by atoms with Crippen LogP contribution in [0.4, 0.5) is 5.69 Å². The van der Waals surface area contributed by atoms with Crippen LogP contribution in [0, 0.1) is 0 Å². The van der Waals surface area contributed by atoms with E-state index >= 15 is 0 Å². The largest absolute Gasteiger partial charge is 0.366 e. The Hall–Kier alpha value is -1.84. The van der Waals surface area contributed by atoms with Crippen LogP contribution in [0.2, 0.25) is 0 Å². The van der Waals surface area contributed by atoms with E-state index in [0.29, 0.717) is 0 Å². The molecule has 0 fully saturated rings. The van der Waals surface area contributed by atoms with Crippen LogP contribution in [0.1, 0.15) is 13.3 Å². The summed E-state index contributed by atoms with van der Waals surface area (Å²) in [5, 5.41) is 6.52. The summed E-state index contributed by atoms with van der Waals surface area (Å²) in [6.45, 7) is 2.90. The quantitative estimate of drug-likeness (QED) is 0.547. The maximum Gasteiger partial charge on any atom is 0.152 e. The third-order valence-corrected chi connectivity index (χ3v) is 2.78. The van der Waals surface area contributed by atoms with Gasteiger partial charge in [0.2, 0.25) is 0 Å². The third-order valence-electron chi connectivity index (χ3n) is 2.78. The molecule has 0 bridgehead atoms. The average Bonchev–Trinajstić information content (AvgIpc) is 2.78. The van der Waals surface area contributed by atoms with Crippen LogP contribution >= 0.6 is 0 Å². The maximum atomic E-state index is 4.52. The number of amidine groups is 2. The highest BCUT2D eigenvalue weighted by atomic mass is 15.5. The first-order valence-electron chi connectivity index (χ1n) is 5.79. The minimum absolute atomic E-state index is 0.903. The number of benzene rings is 1. The molecule has 0 radical (unpaired) electrons. The molecule has 0 unspecified atom stereocenters. The number of para-hydroxylation sites is 1. The Morgan fingerprint density at radius 3 is 2.65 bits per heavy atom. The number of aliphatic imine (C=N–C) groups is 1. The molecule has 1 aromatic rings.